The standard InChI is InChI=1S/C26H33N3O6/c1-3-35-26(33)16-7-10-24(27-14-16)29-18-8-9-19(29)12-17(11-18)28-25(32)21-5-4-6-23(34-2)22(21)13-20(31)15-30/h4-7,10,14,17-20,30-31H,3,8-9,11-13,15H2,1-2H3,(H,28,32). The van der Waals surface area contributed by atoms with Gasteiger partial charge in [0.25, 0.3) is 5.91 Å². The van der Waals surface area contributed by atoms with Gasteiger partial charge in [-0.1, -0.05) is 6.07 Å². The molecule has 2 fully saturated rings. The molecule has 0 spiro atoms. The fraction of sp³-hybridized carbons (Fsp3) is 0.500. The third-order valence-corrected chi connectivity index (χ3v) is 6.84. The summed E-state index contributed by atoms with van der Waals surface area (Å²) in [5.74, 6) is 0.763. The molecule has 3 unspecified atom stereocenters. The van der Waals surface area contributed by atoms with Gasteiger partial charge in [0.1, 0.15) is 11.6 Å². The first-order chi connectivity index (χ1) is 16.9. The van der Waals surface area contributed by atoms with Crippen LogP contribution in [0.4, 0.5) is 5.82 Å². The van der Waals surface area contributed by atoms with Crippen LogP contribution in [0.3, 0.4) is 0 Å². The number of aromatic nitrogens is 1. The van der Waals surface area contributed by atoms with Crippen LogP contribution in [0, 0.1) is 0 Å². The molecule has 35 heavy (non-hydrogen) atoms. The normalized spacial score (nSPS) is 21.9. The molecule has 1 aromatic carbocycles. The van der Waals surface area contributed by atoms with E-state index in [1.165, 1.54) is 7.11 Å². The first-order valence-electron chi connectivity index (χ1n) is 12.1. The molecule has 9 nitrogen and oxygen atoms in total. The van der Waals surface area contributed by atoms with Gasteiger partial charge in [0.15, 0.2) is 0 Å². The number of hydrogen-bond acceptors (Lipinski definition) is 8. The Kier molecular flexibility index (Phi) is 7.87. The summed E-state index contributed by atoms with van der Waals surface area (Å²) in [4.78, 5) is 32.0. The van der Waals surface area contributed by atoms with Gasteiger partial charge in [-0.15, -0.1) is 0 Å². The molecule has 3 N–H and O–H groups in total. The number of fused-ring (bicyclic) bond motifs is 2. The van der Waals surface area contributed by atoms with Crippen LogP contribution in [0.25, 0.3) is 0 Å². The molecular formula is C26H33N3O6. The Bertz CT molecular complexity index is 1030. The minimum Gasteiger partial charge on any atom is -0.496 e. The SMILES string of the molecule is CCOC(=O)c1ccc(N2C3CCC2CC(NC(=O)c2cccc(OC)c2CC(O)CO)C3)nc1. The maximum Gasteiger partial charge on any atom is 0.339 e. The first kappa shape index (κ1) is 24.9. The van der Waals surface area contributed by atoms with Gasteiger partial charge < -0.3 is 29.9 Å². The van der Waals surface area contributed by atoms with Crippen molar-refractivity contribution in [3.8, 4) is 5.75 Å². The highest BCUT2D eigenvalue weighted by Crippen LogP contribution is 2.38. The van der Waals surface area contributed by atoms with Gasteiger partial charge in [0, 0.05) is 41.9 Å². The molecule has 2 saturated heterocycles. The van der Waals surface area contributed by atoms with E-state index < -0.39 is 12.7 Å². The summed E-state index contributed by atoms with van der Waals surface area (Å²) in [5.41, 5.74) is 1.47. The van der Waals surface area contributed by atoms with Crippen molar-refractivity contribution in [1.29, 1.82) is 0 Å². The molecule has 1 aromatic heterocycles. The lowest BCUT2D eigenvalue weighted by atomic mass is 9.95. The van der Waals surface area contributed by atoms with E-state index in [1.54, 1.807) is 37.4 Å². The number of pyridine rings is 1. The van der Waals surface area contributed by atoms with Crippen molar-refractivity contribution < 1.29 is 29.3 Å². The van der Waals surface area contributed by atoms with Crippen LogP contribution < -0.4 is 15.0 Å². The van der Waals surface area contributed by atoms with Crippen molar-refractivity contribution >= 4 is 17.7 Å². The highest BCUT2D eigenvalue weighted by atomic mass is 16.5. The van der Waals surface area contributed by atoms with Gasteiger partial charge >= 0.3 is 5.97 Å². The molecule has 2 bridgehead atoms. The second kappa shape index (κ2) is 11.0. The number of piperidine rings is 1. The van der Waals surface area contributed by atoms with Gasteiger partial charge in [-0.3, -0.25) is 4.79 Å². The minimum absolute atomic E-state index is 0.0110. The van der Waals surface area contributed by atoms with Crippen molar-refractivity contribution in [2.45, 2.75) is 63.3 Å². The number of esters is 1. The molecule has 2 aromatic rings. The van der Waals surface area contributed by atoms with Gasteiger partial charge in [0.05, 0.1) is 32.0 Å². The number of anilines is 1. The number of hydrogen-bond donors (Lipinski definition) is 3. The summed E-state index contributed by atoms with van der Waals surface area (Å²) < 4.78 is 10.4. The smallest absolute Gasteiger partial charge is 0.339 e. The van der Waals surface area contributed by atoms with Crippen molar-refractivity contribution in [2.24, 2.45) is 0 Å². The van der Waals surface area contributed by atoms with E-state index in [-0.39, 0.29) is 36.4 Å². The van der Waals surface area contributed by atoms with Crippen LogP contribution in [0.2, 0.25) is 0 Å². The van der Waals surface area contributed by atoms with E-state index in [0.717, 1.165) is 31.5 Å². The predicted octanol–water partition coefficient (Wildman–Crippen LogP) is 2.09. The van der Waals surface area contributed by atoms with Gasteiger partial charge in [-0.2, -0.15) is 0 Å². The van der Waals surface area contributed by atoms with E-state index in [9.17, 15) is 19.8 Å². The molecule has 3 heterocycles. The molecule has 9 heteroatoms. The Morgan fingerprint density at radius 3 is 2.54 bits per heavy atom. The first-order valence-corrected chi connectivity index (χ1v) is 12.1. The predicted molar refractivity (Wildman–Crippen MR) is 130 cm³/mol. The molecule has 4 rings (SSSR count). The summed E-state index contributed by atoms with van der Waals surface area (Å²) in [7, 11) is 1.52. The quantitative estimate of drug-likeness (QED) is 0.464. The van der Waals surface area contributed by atoms with Crippen LogP contribution in [0.1, 0.15) is 58.9 Å². The monoisotopic (exact) mass is 483 g/mol. The van der Waals surface area contributed by atoms with Crippen LogP contribution in [0.5, 0.6) is 5.75 Å². The van der Waals surface area contributed by atoms with E-state index in [0.29, 0.717) is 29.0 Å². The summed E-state index contributed by atoms with van der Waals surface area (Å²) in [5, 5.41) is 22.4. The minimum atomic E-state index is -0.973. The van der Waals surface area contributed by atoms with E-state index >= 15 is 0 Å². The topological polar surface area (TPSA) is 121 Å². The lowest BCUT2D eigenvalue weighted by Crippen LogP contribution is -2.51. The van der Waals surface area contributed by atoms with Gasteiger partial charge in [0.2, 0.25) is 0 Å². The molecule has 2 aliphatic rings. The number of nitrogens with one attached hydrogen (secondary N) is 1. The van der Waals surface area contributed by atoms with Crippen LogP contribution in [0.15, 0.2) is 36.5 Å². The number of carbonyl (C=O) groups excluding carboxylic acids is 2. The Balaban J connectivity index is 1.44. The third kappa shape index (κ3) is 5.41. The zero-order valence-electron chi connectivity index (χ0n) is 20.1. The lowest BCUT2D eigenvalue weighted by Gasteiger charge is -2.40. The number of ether oxygens (including phenoxy) is 2. The number of aliphatic hydroxyl groups excluding tert-OH is 2. The largest absolute Gasteiger partial charge is 0.496 e. The van der Waals surface area contributed by atoms with E-state index in [4.69, 9.17) is 9.47 Å². The fourth-order valence-electron chi connectivity index (χ4n) is 5.29. The molecule has 1 amide bonds. The summed E-state index contributed by atoms with van der Waals surface area (Å²) >= 11 is 0. The number of methoxy groups -OCH3 is 1. The second-order valence-corrected chi connectivity index (χ2v) is 9.09. The molecule has 188 valence electrons. The van der Waals surface area contributed by atoms with Gasteiger partial charge in [-0.25, -0.2) is 9.78 Å². The van der Waals surface area contributed by atoms with Crippen molar-refractivity contribution in [1.82, 2.24) is 10.3 Å². The van der Waals surface area contributed by atoms with Crippen LogP contribution in [-0.4, -0.2) is 71.6 Å². The van der Waals surface area contributed by atoms with Crippen molar-refractivity contribution in [3.05, 3.63) is 53.2 Å². The molecule has 0 saturated carbocycles. The number of aliphatic hydroxyl groups is 2. The highest BCUT2D eigenvalue weighted by Gasteiger charge is 2.42. The fourth-order valence-corrected chi connectivity index (χ4v) is 5.29. The molecule has 2 aliphatic heterocycles. The van der Waals surface area contributed by atoms with Crippen LogP contribution >= 0.6 is 0 Å². The molecule has 0 radical (unpaired) electrons. The van der Waals surface area contributed by atoms with Crippen molar-refractivity contribution in [3.63, 3.8) is 0 Å². The van der Waals surface area contributed by atoms with E-state index in [1.807, 2.05) is 6.07 Å². The number of benzene rings is 1. The molecule has 3 atom stereocenters. The maximum absolute atomic E-state index is 13.2. The Morgan fingerprint density at radius 1 is 1.20 bits per heavy atom. The third-order valence-electron chi connectivity index (χ3n) is 6.84. The Morgan fingerprint density at radius 2 is 1.94 bits per heavy atom. The Labute approximate surface area is 205 Å². The highest BCUT2D eigenvalue weighted by molar-refractivity contribution is 5.96. The summed E-state index contributed by atoms with van der Waals surface area (Å²) in [6.07, 6.45) is 4.34. The lowest BCUT2D eigenvalue weighted by molar-refractivity contribution is 0.0525. The zero-order valence-corrected chi connectivity index (χ0v) is 20.1. The Hall–Kier alpha value is -3.17. The zero-order chi connectivity index (χ0) is 24.9. The maximum atomic E-state index is 13.2. The average molecular weight is 484 g/mol. The van der Waals surface area contributed by atoms with E-state index in [2.05, 4.69) is 15.2 Å². The van der Waals surface area contributed by atoms with Crippen molar-refractivity contribution in [2.75, 3.05) is 25.2 Å². The number of rotatable bonds is 9. The molecule has 0 aliphatic carbocycles. The second-order valence-electron chi connectivity index (χ2n) is 9.09. The van der Waals surface area contributed by atoms with Gasteiger partial charge in [-0.05, 0) is 56.9 Å². The average Bonchev–Trinajstić information content (AvgIpc) is 3.14. The summed E-state index contributed by atoms with van der Waals surface area (Å²) in [6, 6.07) is 9.34. The summed E-state index contributed by atoms with van der Waals surface area (Å²) in [6.45, 7) is 1.70. The number of amides is 1. The number of carbonyl (C=O) groups is 2. The van der Waals surface area contributed by atoms with Crippen LogP contribution in [-0.2, 0) is 11.2 Å². The number of nitrogens with zero attached hydrogens (tertiary/aromatic N) is 2. The molecular weight excluding hydrogens is 450 g/mol.